The molecule has 86 valence electrons. The summed E-state index contributed by atoms with van der Waals surface area (Å²) in [5.41, 5.74) is 0.303. The summed E-state index contributed by atoms with van der Waals surface area (Å²) in [5.74, 6) is -1.37. The first-order valence-corrected chi connectivity index (χ1v) is 4.80. The van der Waals surface area contributed by atoms with Crippen molar-refractivity contribution in [3.8, 4) is 5.75 Å². The van der Waals surface area contributed by atoms with Crippen LogP contribution >= 0.6 is 0 Å². The standard InChI is InChI=1S/C11H13NO4/c1-7(5-10(14)15)12-11(16)8-3-2-4-9(13)6-8/h2-4,6-7,13H,5H2,1H3,(H,12,16)(H,14,15). The van der Waals surface area contributed by atoms with Gasteiger partial charge in [0.1, 0.15) is 5.75 Å². The molecule has 1 amide bonds. The van der Waals surface area contributed by atoms with E-state index in [0.29, 0.717) is 5.56 Å². The quantitative estimate of drug-likeness (QED) is 0.710. The van der Waals surface area contributed by atoms with E-state index in [1.54, 1.807) is 19.1 Å². The molecule has 1 atom stereocenters. The molecule has 0 aliphatic carbocycles. The second-order valence-corrected chi connectivity index (χ2v) is 3.52. The fourth-order valence-corrected chi connectivity index (χ4v) is 1.27. The third-order valence-electron chi connectivity index (χ3n) is 1.97. The SMILES string of the molecule is CC(CC(=O)O)NC(=O)c1cccc(O)c1. The Morgan fingerprint density at radius 1 is 1.44 bits per heavy atom. The van der Waals surface area contributed by atoms with Crippen LogP contribution < -0.4 is 5.32 Å². The van der Waals surface area contributed by atoms with E-state index in [9.17, 15) is 9.59 Å². The Bertz CT molecular complexity index is 403. The fraction of sp³-hybridized carbons (Fsp3) is 0.273. The van der Waals surface area contributed by atoms with Crippen LogP contribution in [-0.4, -0.2) is 28.1 Å². The van der Waals surface area contributed by atoms with Crippen molar-refractivity contribution in [1.82, 2.24) is 5.32 Å². The van der Waals surface area contributed by atoms with Gasteiger partial charge in [-0.25, -0.2) is 0 Å². The number of rotatable bonds is 4. The largest absolute Gasteiger partial charge is 0.508 e. The monoisotopic (exact) mass is 223 g/mol. The van der Waals surface area contributed by atoms with E-state index in [1.807, 2.05) is 0 Å². The Morgan fingerprint density at radius 3 is 2.69 bits per heavy atom. The fourth-order valence-electron chi connectivity index (χ4n) is 1.27. The van der Waals surface area contributed by atoms with Gasteiger partial charge >= 0.3 is 5.97 Å². The van der Waals surface area contributed by atoms with Crippen LogP contribution in [0.4, 0.5) is 0 Å². The molecule has 16 heavy (non-hydrogen) atoms. The van der Waals surface area contributed by atoms with Crippen LogP contribution in [0.3, 0.4) is 0 Å². The minimum Gasteiger partial charge on any atom is -0.508 e. The van der Waals surface area contributed by atoms with Gasteiger partial charge in [-0.05, 0) is 25.1 Å². The normalized spacial score (nSPS) is 11.8. The number of benzene rings is 1. The van der Waals surface area contributed by atoms with Crippen molar-refractivity contribution in [2.24, 2.45) is 0 Å². The maximum absolute atomic E-state index is 11.6. The lowest BCUT2D eigenvalue weighted by Crippen LogP contribution is -2.34. The van der Waals surface area contributed by atoms with Crippen LogP contribution in [0.25, 0.3) is 0 Å². The van der Waals surface area contributed by atoms with E-state index in [1.165, 1.54) is 12.1 Å². The van der Waals surface area contributed by atoms with Gasteiger partial charge in [-0.15, -0.1) is 0 Å². The molecule has 1 aromatic carbocycles. The lowest BCUT2D eigenvalue weighted by atomic mass is 10.1. The van der Waals surface area contributed by atoms with Gasteiger partial charge in [0.15, 0.2) is 0 Å². The first-order chi connectivity index (χ1) is 7.49. The van der Waals surface area contributed by atoms with Crippen LogP contribution in [0, 0.1) is 0 Å². The number of nitrogens with one attached hydrogen (secondary N) is 1. The summed E-state index contributed by atoms with van der Waals surface area (Å²) in [6, 6.07) is 5.42. The number of carbonyl (C=O) groups is 2. The van der Waals surface area contributed by atoms with E-state index in [2.05, 4.69) is 5.32 Å². The molecule has 0 saturated heterocycles. The highest BCUT2D eigenvalue weighted by molar-refractivity contribution is 5.94. The molecule has 0 heterocycles. The Labute approximate surface area is 92.7 Å². The zero-order valence-electron chi connectivity index (χ0n) is 8.80. The molecular formula is C11H13NO4. The summed E-state index contributed by atoms with van der Waals surface area (Å²) in [6.07, 6.45) is -0.134. The zero-order valence-corrected chi connectivity index (χ0v) is 8.80. The number of aliphatic carboxylic acids is 1. The highest BCUT2D eigenvalue weighted by Crippen LogP contribution is 2.10. The molecule has 0 bridgehead atoms. The summed E-state index contributed by atoms with van der Waals surface area (Å²) in [6.45, 7) is 1.61. The second-order valence-electron chi connectivity index (χ2n) is 3.52. The van der Waals surface area contributed by atoms with Crippen LogP contribution in [-0.2, 0) is 4.79 Å². The maximum atomic E-state index is 11.6. The Hall–Kier alpha value is -2.04. The van der Waals surface area contributed by atoms with Crippen molar-refractivity contribution in [3.63, 3.8) is 0 Å². The van der Waals surface area contributed by atoms with Crippen molar-refractivity contribution in [2.45, 2.75) is 19.4 Å². The zero-order chi connectivity index (χ0) is 12.1. The molecule has 0 spiro atoms. The lowest BCUT2D eigenvalue weighted by Gasteiger charge is -2.11. The first-order valence-electron chi connectivity index (χ1n) is 4.80. The van der Waals surface area contributed by atoms with Crippen LogP contribution in [0.15, 0.2) is 24.3 Å². The van der Waals surface area contributed by atoms with Gasteiger partial charge in [0.2, 0.25) is 0 Å². The summed E-state index contributed by atoms with van der Waals surface area (Å²) in [5, 5.41) is 20.2. The number of hydrogen-bond donors (Lipinski definition) is 3. The Morgan fingerprint density at radius 2 is 2.12 bits per heavy atom. The van der Waals surface area contributed by atoms with E-state index in [0.717, 1.165) is 0 Å². The number of aromatic hydroxyl groups is 1. The van der Waals surface area contributed by atoms with Gasteiger partial charge in [-0.1, -0.05) is 6.07 Å². The van der Waals surface area contributed by atoms with Crippen LogP contribution in [0.1, 0.15) is 23.7 Å². The van der Waals surface area contributed by atoms with E-state index in [-0.39, 0.29) is 12.2 Å². The Kier molecular flexibility index (Phi) is 3.88. The molecule has 0 radical (unpaired) electrons. The highest BCUT2D eigenvalue weighted by Gasteiger charge is 2.12. The molecule has 1 aromatic rings. The van der Waals surface area contributed by atoms with Crippen molar-refractivity contribution >= 4 is 11.9 Å². The number of phenols is 1. The van der Waals surface area contributed by atoms with E-state index >= 15 is 0 Å². The molecule has 5 heteroatoms. The topological polar surface area (TPSA) is 86.6 Å². The molecular weight excluding hydrogens is 210 g/mol. The lowest BCUT2D eigenvalue weighted by molar-refractivity contribution is -0.137. The molecule has 1 unspecified atom stereocenters. The van der Waals surface area contributed by atoms with Crippen molar-refractivity contribution in [2.75, 3.05) is 0 Å². The summed E-state index contributed by atoms with van der Waals surface area (Å²) < 4.78 is 0. The number of carboxylic acid groups (broad SMARTS) is 1. The third-order valence-corrected chi connectivity index (χ3v) is 1.97. The minimum absolute atomic E-state index is 0.00135. The van der Waals surface area contributed by atoms with Gasteiger partial charge < -0.3 is 15.5 Å². The number of phenolic OH excluding ortho intramolecular Hbond substituents is 1. The molecule has 0 aromatic heterocycles. The van der Waals surface area contributed by atoms with Crippen molar-refractivity contribution in [3.05, 3.63) is 29.8 Å². The predicted octanol–water partition coefficient (Wildman–Crippen LogP) is 0.985. The van der Waals surface area contributed by atoms with Crippen molar-refractivity contribution < 1.29 is 19.8 Å². The molecule has 1 rings (SSSR count). The minimum atomic E-state index is -0.969. The molecule has 0 saturated carbocycles. The number of hydrogen-bond acceptors (Lipinski definition) is 3. The smallest absolute Gasteiger partial charge is 0.305 e. The summed E-state index contributed by atoms with van der Waals surface area (Å²) in [7, 11) is 0. The number of carboxylic acids is 1. The summed E-state index contributed by atoms with van der Waals surface area (Å²) in [4.78, 5) is 22.0. The molecule has 0 aliphatic heterocycles. The average molecular weight is 223 g/mol. The second kappa shape index (κ2) is 5.16. The van der Waals surface area contributed by atoms with Crippen molar-refractivity contribution in [1.29, 1.82) is 0 Å². The summed E-state index contributed by atoms with van der Waals surface area (Å²) >= 11 is 0. The van der Waals surface area contributed by atoms with E-state index < -0.39 is 17.9 Å². The van der Waals surface area contributed by atoms with E-state index in [4.69, 9.17) is 10.2 Å². The molecule has 0 aliphatic rings. The predicted molar refractivity (Wildman–Crippen MR) is 57.3 cm³/mol. The number of amides is 1. The van der Waals surface area contributed by atoms with Gasteiger partial charge in [-0.3, -0.25) is 9.59 Å². The third kappa shape index (κ3) is 3.61. The first kappa shape index (κ1) is 12.0. The van der Waals surface area contributed by atoms with Crippen LogP contribution in [0.5, 0.6) is 5.75 Å². The van der Waals surface area contributed by atoms with Gasteiger partial charge in [0, 0.05) is 11.6 Å². The molecule has 0 fully saturated rings. The Balaban J connectivity index is 2.62. The highest BCUT2D eigenvalue weighted by atomic mass is 16.4. The van der Waals surface area contributed by atoms with Gasteiger partial charge in [0.05, 0.1) is 6.42 Å². The number of carbonyl (C=O) groups excluding carboxylic acids is 1. The molecule has 5 nitrogen and oxygen atoms in total. The average Bonchev–Trinajstić information content (AvgIpc) is 2.16. The van der Waals surface area contributed by atoms with Gasteiger partial charge in [-0.2, -0.15) is 0 Å². The molecule has 3 N–H and O–H groups in total. The van der Waals surface area contributed by atoms with Gasteiger partial charge in [0.25, 0.3) is 5.91 Å². The van der Waals surface area contributed by atoms with Crippen LogP contribution in [0.2, 0.25) is 0 Å². The maximum Gasteiger partial charge on any atom is 0.305 e.